The Morgan fingerprint density at radius 3 is 1.61 bits per heavy atom. The van der Waals surface area contributed by atoms with E-state index in [4.69, 9.17) is 46.4 Å². The molecule has 3 saturated carbocycles. The van der Waals surface area contributed by atoms with E-state index < -0.39 is 23.7 Å². The number of hydrogen-bond acceptors (Lipinski definition) is 4. The van der Waals surface area contributed by atoms with Gasteiger partial charge in [-0.2, -0.15) is 0 Å². The number of hydrogen-bond donors (Lipinski definition) is 0. The number of alkyl halides is 4. The fourth-order valence-corrected chi connectivity index (χ4v) is 6.29. The average molecular weight is 503 g/mol. The van der Waals surface area contributed by atoms with Gasteiger partial charge in [-0.1, -0.05) is 24.3 Å². The van der Waals surface area contributed by atoms with Crippen LogP contribution in [0.5, 0.6) is 0 Å². The third-order valence-electron chi connectivity index (χ3n) is 6.83. The predicted molar refractivity (Wildman–Crippen MR) is 119 cm³/mol. The van der Waals surface area contributed by atoms with E-state index in [0.29, 0.717) is 25.7 Å². The van der Waals surface area contributed by atoms with Crippen LogP contribution in [-0.4, -0.2) is 38.9 Å². The van der Waals surface area contributed by atoms with Gasteiger partial charge >= 0.3 is 0 Å². The Labute approximate surface area is 200 Å². The molecule has 4 aliphatic rings. The molecule has 4 aliphatic carbocycles. The lowest BCUT2D eigenvalue weighted by Gasteiger charge is -2.34. The van der Waals surface area contributed by atoms with Crippen molar-refractivity contribution in [3.63, 3.8) is 0 Å². The van der Waals surface area contributed by atoms with Crippen LogP contribution in [0.15, 0.2) is 47.3 Å². The molecule has 3 fully saturated rings. The van der Waals surface area contributed by atoms with E-state index in [1.165, 1.54) is 12.2 Å². The Hall–Kier alpha value is -1.07. The molecule has 0 saturated heterocycles. The van der Waals surface area contributed by atoms with Gasteiger partial charge in [-0.25, -0.2) is 0 Å². The summed E-state index contributed by atoms with van der Waals surface area (Å²) >= 11 is 24.7. The standard InChI is InChI=1S/C23H22Cl4O4/c24-16-6-12-13(7-17(16)25)21(29)10(20(12)28)4-2-1-3-5-11-22(30)14-8-18(26)19(27)9-15(14)23(11)31/h1-5,12-19,28H,6-9H2/p-1. The highest BCUT2D eigenvalue weighted by atomic mass is 35.5. The zero-order valence-corrected chi connectivity index (χ0v) is 19.5. The van der Waals surface area contributed by atoms with Crippen molar-refractivity contribution in [2.24, 2.45) is 23.7 Å². The zero-order chi connectivity index (χ0) is 22.4. The first kappa shape index (κ1) is 23.1. The second kappa shape index (κ2) is 9.05. The van der Waals surface area contributed by atoms with Crippen molar-refractivity contribution >= 4 is 63.8 Å². The fraction of sp³-hybridized carbons (Fsp3) is 0.522. The molecular weight excluding hydrogens is 482 g/mol. The van der Waals surface area contributed by atoms with Gasteiger partial charge in [-0.15, -0.1) is 52.2 Å². The molecule has 0 N–H and O–H groups in total. The van der Waals surface area contributed by atoms with Crippen molar-refractivity contribution in [2.75, 3.05) is 0 Å². The maximum Gasteiger partial charge on any atom is 0.170 e. The van der Waals surface area contributed by atoms with Gasteiger partial charge in [0, 0.05) is 23.3 Å². The minimum Gasteiger partial charge on any atom is -0.875 e. The highest BCUT2D eigenvalue weighted by Gasteiger charge is 2.50. The molecule has 0 aromatic carbocycles. The third-order valence-corrected chi connectivity index (χ3v) is 9.02. The second-order valence-corrected chi connectivity index (χ2v) is 10.9. The Bertz CT molecular complexity index is 904. The monoisotopic (exact) mass is 501 g/mol. The Kier molecular flexibility index (Phi) is 6.75. The highest BCUT2D eigenvalue weighted by Crippen LogP contribution is 2.45. The largest absolute Gasteiger partial charge is 0.875 e. The van der Waals surface area contributed by atoms with Crippen LogP contribution in [0.3, 0.4) is 0 Å². The minimum absolute atomic E-state index is 0.155. The number of fused-ring (bicyclic) bond motifs is 2. The summed E-state index contributed by atoms with van der Waals surface area (Å²) in [7, 11) is 0. The van der Waals surface area contributed by atoms with E-state index in [0.717, 1.165) is 0 Å². The van der Waals surface area contributed by atoms with Gasteiger partial charge in [0.2, 0.25) is 0 Å². The van der Waals surface area contributed by atoms with Crippen molar-refractivity contribution in [1.29, 1.82) is 0 Å². The molecule has 0 aliphatic heterocycles. The number of Topliss-reactive ketones (excluding diaryl/α,β-unsaturated/α-hetero) is 3. The van der Waals surface area contributed by atoms with Gasteiger partial charge < -0.3 is 5.11 Å². The summed E-state index contributed by atoms with van der Waals surface area (Å²) in [5, 5.41) is 11.3. The van der Waals surface area contributed by atoms with Crippen LogP contribution in [0.4, 0.5) is 0 Å². The maximum atomic E-state index is 12.6. The summed E-state index contributed by atoms with van der Waals surface area (Å²) in [5.41, 5.74) is 0.310. The van der Waals surface area contributed by atoms with E-state index in [-0.39, 0.29) is 55.8 Å². The third kappa shape index (κ3) is 4.17. The Morgan fingerprint density at radius 1 is 0.645 bits per heavy atom. The van der Waals surface area contributed by atoms with Crippen LogP contribution in [0, 0.1) is 23.7 Å². The van der Waals surface area contributed by atoms with Gasteiger partial charge in [0.1, 0.15) is 0 Å². The smallest absolute Gasteiger partial charge is 0.170 e. The molecular formula is C23H21Cl4O4-. The lowest BCUT2D eigenvalue weighted by molar-refractivity contribution is -0.316. The van der Waals surface area contributed by atoms with Gasteiger partial charge in [-0.3, -0.25) is 14.4 Å². The SMILES string of the molecule is O=C1C(=CC=CC=CC2=C([O-])C3CC(Cl)C(Cl)CC3C2=O)C(=O)C2CC(Cl)C(Cl)CC12. The van der Waals surface area contributed by atoms with Crippen LogP contribution in [-0.2, 0) is 14.4 Å². The summed E-state index contributed by atoms with van der Waals surface area (Å²) in [5.74, 6) is -2.36. The molecule has 8 atom stereocenters. The molecule has 31 heavy (non-hydrogen) atoms. The van der Waals surface area contributed by atoms with Gasteiger partial charge in [0.25, 0.3) is 0 Å². The number of rotatable bonds is 3. The Morgan fingerprint density at radius 2 is 1.10 bits per heavy atom. The summed E-state index contributed by atoms with van der Waals surface area (Å²) in [6, 6.07) is 0. The summed E-state index contributed by atoms with van der Waals surface area (Å²) < 4.78 is 0. The molecule has 0 heterocycles. The lowest BCUT2D eigenvalue weighted by atomic mass is 9.80. The van der Waals surface area contributed by atoms with Gasteiger partial charge in [0.05, 0.1) is 27.1 Å². The molecule has 0 spiro atoms. The number of allylic oxidation sites excluding steroid dienone is 8. The molecule has 8 unspecified atom stereocenters. The van der Waals surface area contributed by atoms with E-state index in [9.17, 15) is 19.5 Å². The number of halogens is 4. The lowest BCUT2D eigenvalue weighted by Crippen LogP contribution is -2.35. The summed E-state index contributed by atoms with van der Waals surface area (Å²) in [6.07, 6.45) is 9.32. The average Bonchev–Trinajstić information content (AvgIpc) is 3.08. The zero-order valence-electron chi connectivity index (χ0n) is 16.5. The number of carbonyl (C=O) groups is 3. The minimum atomic E-state index is -0.399. The van der Waals surface area contributed by atoms with Crippen LogP contribution in [0.2, 0.25) is 0 Å². The first-order valence-corrected chi connectivity index (χ1v) is 12.1. The normalized spacial score (nSPS) is 40.9. The van der Waals surface area contributed by atoms with Crippen LogP contribution in [0.25, 0.3) is 0 Å². The quantitative estimate of drug-likeness (QED) is 0.254. The van der Waals surface area contributed by atoms with Crippen molar-refractivity contribution in [1.82, 2.24) is 0 Å². The Balaban J connectivity index is 1.44. The molecule has 0 bridgehead atoms. The molecule has 0 aromatic heterocycles. The first-order chi connectivity index (χ1) is 14.7. The molecule has 166 valence electrons. The van der Waals surface area contributed by atoms with Crippen LogP contribution in [0.1, 0.15) is 25.7 Å². The van der Waals surface area contributed by atoms with Crippen LogP contribution < -0.4 is 5.11 Å². The molecule has 8 heteroatoms. The van der Waals surface area contributed by atoms with Gasteiger partial charge in [-0.05, 0) is 37.7 Å². The van der Waals surface area contributed by atoms with Crippen LogP contribution >= 0.6 is 46.4 Å². The number of carbonyl (C=O) groups excluding carboxylic acids is 3. The van der Waals surface area contributed by atoms with Gasteiger partial charge in [0.15, 0.2) is 17.3 Å². The summed E-state index contributed by atoms with van der Waals surface area (Å²) in [6.45, 7) is 0. The fourth-order valence-electron chi connectivity index (χ4n) is 5.12. The predicted octanol–water partition coefficient (Wildman–Crippen LogP) is 3.86. The molecule has 0 amide bonds. The number of ketones is 3. The first-order valence-electron chi connectivity index (χ1n) is 10.4. The van der Waals surface area contributed by atoms with Crippen molar-refractivity contribution in [2.45, 2.75) is 47.2 Å². The maximum absolute atomic E-state index is 12.6. The molecule has 0 radical (unpaired) electrons. The van der Waals surface area contributed by atoms with Crippen molar-refractivity contribution in [3.8, 4) is 0 Å². The molecule has 4 nitrogen and oxygen atoms in total. The topological polar surface area (TPSA) is 74.3 Å². The van der Waals surface area contributed by atoms with E-state index in [1.807, 2.05) is 0 Å². The molecule has 4 rings (SSSR count). The second-order valence-electron chi connectivity index (χ2n) is 8.63. The highest BCUT2D eigenvalue weighted by molar-refractivity contribution is 6.32. The van der Waals surface area contributed by atoms with E-state index in [2.05, 4.69) is 0 Å². The molecule has 0 aromatic rings. The van der Waals surface area contributed by atoms with Crippen molar-refractivity contribution in [3.05, 3.63) is 47.3 Å². The summed E-state index contributed by atoms with van der Waals surface area (Å²) in [4.78, 5) is 37.8. The van der Waals surface area contributed by atoms with E-state index >= 15 is 0 Å². The van der Waals surface area contributed by atoms with Crippen molar-refractivity contribution < 1.29 is 19.5 Å². The van der Waals surface area contributed by atoms with E-state index in [1.54, 1.807) is 18.2 Å².